The van der Waals surface area contributed by atoms with Gasteiger partial charge in [0.05, 0.1) is 19.3 Å². The van der Waals surface area contributed by atoms with Gasteiger partial charge in [0.1, 0.15) is 0 Å². The molecular weight excluding hydrogens is 440 g/mol. The predicted octanol–water partition coefficient (Wildman–Crippen LogP) is 5.05. The van der Waals surface area contributed by atoms with Crippen molar-refractivity contribution in [1.82, 2.24) is 4.90 Å². The van der Waals surface area contributed by atoms with Crippen LogP contribution in [0.3, 0.4) is 0 Å². The molecule has 1 aliphatic rings. The molecule has 1 unspecified atom stereocenters. The lowest BCUT2D eigenvalue weighted by Gasteiger charge is -2.32. The van der Waals surface area contributed by atoms with Crippen LogP contribution in [0.4, 0.5) is 5.69 Å². The number of benzene rings is 3. The fourth-order valence-corrected chi connectivity index (χ4v) is 4.18. The number of para-hydroxylation sites is 1. The molecule has 0 bridgehead atoms. The van der Waals surface area contributed by atoms with Crippen LogP contribution in [0.5, 0.6) is 0 Å². The number of morpholine rings is 1. The molecule has 0 radical (unpaired) electrons. The number of nitrogens with zero attached hydrogens (tertiary/aromatic N) is 1. The van der Waals surface area contributed by atoms with Gasteiger partial charge in [-0.25, -0.2) is 0 Å². The lowest BCUT2D eigenvalue weighted by atomic mass is 10.0. The molecule has 1 atom stereocenters. The minimum Gasteiger partial charge on any atom is -0.371 e. The summed E-state index contributed by atoms with van der Waals surface area (Å²) in [5.41, 5.74) is 4.35. The molecule has 4 nitrogen and oxygen atoms in total. The summed E-state index contributed by atoms with van der Waals surface area (Å²) in [6.45, 7) is 2.43. The molecule has 1 saturated heterocycles. The van der Waals surface area contributed by atoms with E-state index in [-0.39, 0.29) is 12.0 Å². The van der Waals surface area contributed by atoms with Gasteiger partial charge in [-0.1, -0.05) is 76.6 Å². The van der Waals surface area contributed by atoms with Crippen molar-refractivity contribution in [3.63, 3.8) is 0 Å². The van der Waals surface area contributed by atoms with Gasteiger partial charge in [0.15, 0.2) is 0 Å². The summed E-state index contributed by atoms with van der Waals surface area (Å²) in [6, 6.07) is 26.5. The maximum absolute atomic E-state index is 12.8. The number of amides is 1. The molecule has 0 aromatic heterocycles. The lowest BCUT2D eigenvalue weighted by molar-refractivity contribution is -0.119. The number of hydrogen-bond donors (Lipinski definition) is 1. The Morgan fingerprint density at radius 1 is 1.03 bits per heavy atom. The lowest BCUT2D eigenvalue weighted by Crippen LogP contribution is -2.42. The highest BCUT2D eigenvalue weighted by molar-refractivity contribution is 9.10. The normalized spacial score (nSPS) is 16.9. The Bertz CT molecular complexity index is 993. The van der Waals surface area contributed by atoms with Gasteiger partial charge < -0.3 is 10.1 Å². The fourth-order valence-electron chi connectivity index (χ4n) is 3.76. The smallest absolute Gasteiger partial charge is 0.238 e. The highest BCUT2D eigenvalue weighted by Crippen LogP contribution is 2.25. The van der Waals surface area contributed by atoms with Gasteiger partial charge in [-0.15, -0.1) is 0 Å². The predicted molar refractivity (Wildman–Crippen MR) is 124 cm³/mol. The Morgan fingerprint density at radius 2 is 1.83 bits per heavy atom. The van der Waals surface area contributed by atoms with Gasteiger partial charge >= 0.3 is 0 Å². The van der Waals surface area contributed by atoms with Gasteiger partial charge in [0.25, 0.3) is 0 Å². The third-order valence-corrected chi connectivity index (χ3v) is 5.76. The van der Waals surface area contributed by atoms with E-state index in [1.807, 2.05) is 48.5 Å². The second-order valence-corrected chi connectivity index (χ2v) is 8.43. The van der Waals surface area contributed by atoms with E-state index < -0.39 is 0 Å². The van der Waals surface area contributed by atoms with E-state index in [9.17, 15) is 4.79 Å². The summed E-state index contributed by atoms with van der Waals surface area (Å²) in [4.78, 5) is 14.9. The first-order valence-electron chi connectivity index (χ1n) is 10.2. The molecule has 3 aromatic rings. The Kier molecular flexibility index (Phi) is 6.95. The highest BCUT2D eigenvalue weighted by atomic mass is 79.9. The molecule has 4 rings (SSSR count). The molecule has 154 valence electrons. The van der Waals surface area contributed by atoms with E-state index in [2.05, 4.69) is 56.5 Å². The monoisotopic (exact) mass is 464 g/mol. The standard InChI is InChI=1S/C25H25BrN2O2/c26-22-11-6-10-21(16-22)24-17-28(13-14-30-24)18-25(29)27-23-12-5-4-9-20(23)15-19-7-2-1-3-8-19/h1-12,16,24H,13-15,17-18H2,(H,27,29). The zero-order chi connectivity index (χ0) is 20.8. The summed E-state index contributed by atoms with van der Waals surface area (Å²) < 4.78 is 6.98. The zero-order valence-corrected chi connectivity index (χ0v) is 18.3. The molecule has 0 spiro atoms. The van der Waals surface area contributed by atoms with Crippen LogP contribution < -0.4 is 5.32 Å². The van der Waals surface area contributed by atoms with Crippen molar-refractivity contribution in [3.05, 3.63) is 100 Å². The molecule has 0 saturated carbocycles. The maximum Gasteiger partial charge on any atom is 0.238 e. The van der Waals surface area contributed by atoms with Crippen LogP contribution in [0.1, 0.15) is 22.8 Å². The van der Waals surface area contributed by atoms with Crippen LogP contribution >= 0.6 is 15.9 Å². The average molecular weight is 465 g/mol. The Hall–Kier alpha value is -2.47. The molecule has 1 aliphatic heterocycles. The zero-order valence-electron chi connectivity index (χ0n) is 16.8. The van der Waals surface area contributed by atoms with E-state index in [0.29, 0.717) is 19.7 Å². The van der Waals surface area contributed by atoms with Crippen molar-refractivity contribution in [2.75, 3.05) is 31.6 Å². The number of ether oxygens (including phenoxy) is 1. The first-order valence-corrected chi connectivity index (χ1v) is 11.0. The molecule has 3 aromatic carbocycles. The SMILES string of the molecule is O=C(CN1CCOC(c2cccc(Br)c2)C1)Nc1ccccc1Cc1ccccc1. The van der Waals surface area contributed by atoms with Crippen LogP contribution in [0.2, 0.25) is 0 Å². The van der Waals surface area contributed by atoms with E-state index in [1.165, 1.54) is 5.56 Å². The quantitative estimate of drug-likeness (QED) is 0.554. The topological polar surface area (TPSA) is 41.6 Å². The van der Waals surface area contributed by atoms with E-state index >= 15 is 0 Å². The molecular formula is C25H25BrN2O2. The molecule has 5 heteroatoms. The van der Waals surface area contributed by atoms with Crippen molar-refractivity contribution in [1.29, 1.82) is 0 Å². The van der Waals surface area contributed by atoms with Crippen LogP contribution in [-0.4, -0.2) is 37.0 Å². The third-order valence-electron chi connectivity index (χ3n) is 5.27. The summed E-state index contributed by atoms with van der Waals surface area (Å²) in [5, 5.41) is 3.11. The van der Waals surface area contributed by atoms with Gasteiger partial charge in [-0.3, -0.25) is 9.69 Å². The third kappa shape index (κ3) is 5.57. The number of anilines is 1. The van der Waals surface area contributed by atoms with Crippen LogP contribution in [0.25, 0.3) is 0 Å². The van der Waals surface area contributed by atoms with Crippen molar-refractivity contribution < 1.29 is 9.53 Å². The molecule has 1 fully saturated rings. The Morgan fingerprint density at radius 3 is 2.67 bits per heavy atom. The molecule has 0 aliphatic carbocycles. The molecule has 1 heterocycles. The minimum absolute atomic E-state index is 0.00500. The summed E-state index contributed by atoms with van der Waals surface area (Å²) in [5.74, 6) is 0.00500. The van der Waals surface area contributed by atoms with E-state index in [4.69, 9.17) is 4.74 Å². The van der Waals surface area contributed by atoms with Gasteiger partial charge in [0.2, 0.25) is 5.91 Å². The fraction of sp³-hybridized carbons (Fsp3) is 0.240. The van der Waals surface area contributed by atoms with Crippen LogP contribution in [0.15, 0.2) is 83.3 Å². The van der Waals surface area contributed by atoms with E-state index in [1.54, 1.807) is 0 Å². The summed E-state index contributed by atoms with van der Waals surface area (Å²) in [6.07, 6.45) is 0.772. The van der Waals surface area contributed by atoms with Crippen molar-refractivity contribution >= 4 is 27.5 Å². The van der Waals surface area contributed by atoms with Crippen molar-refractivity contribution in [3.8, 4) is 0 Å². The van der Waals surface area contributed by atoms with Crippen molar-refractivity contribution in [2.24, 2.45) is 0 Å². The number of nitrogens with one attached hydrogen (secondary N) is 1. The van der Waals surface area contributed by atoms with Gasteiger partial charge in [-0.2, -0.15) is 0 Å². The first kappa shape index (κ1) is 20.8. The first-order chi connectivity index (χ1) is 14.7. The number of rotatable bonds is 6. The number of carbonyl (C=O) groups excluding carboxylic acids is 1. The second-order valence-electron chi connectivity index (χ2n) is 7.52. The number of halogens is 1. The van der Waals surface area contributed by atoms with Gasteiger partial charge in [0, 0.05) is 23.2 Å². The van der Waals surface area contributed by atoms with Crippen molar-refractivity contribution in [2.45, 2.75) is 12.5 Å². The minimum atomic E-state index is -0.0191. The summed E-state index contributed by atoms with van der Waals surface area (Å²) in [7, 11) is 0. The van der Waals surface area contributed by atoms with Crippen LogP contribution in [-0.2, 0) is 16.0 Å². The Labute approximate surface area is 186 Å². The largest absolute Gasteiger partial charge is 0.371 e. The second kappa shape index (κ2) is 10.0. The van der Waals surface area contributed by atoms with Gasteiger partial charge in [-0.05, 0) is 41.3 Å². The molecule has 30 heavy (non-hydrogen) atoms. The number of hydrogen-bond acceptors (Lipinski definition) is 3. The Balaban J connectivity index is 1.38. The van der Waals surface area contributed by atoms with E-state index in [0.717, 1.165) is 34.3 Å². The van der Waals surface area contributed by atoms with Crippen LogP contribution in [0, 0.1) is 0 Å². The molecule has 1 amide bonds. The molecule has 1 N–H and O–H groups in total. The highest BCUT2D eigenvalue weighted by Gasteiger charge is 2.23. The number of carbonyl (C=O) groups is 1. The maximum atomic E-state index is 12.8. The average Bonchev–Trinajstić information content (AvgIpc) is 2.76. The summed E-state index contributed by atoms with van der Waals surface area (Å²) >= 11 is 3.52.